The number of fused-ring (bicyclic) bond motifs is 1. The maximum absolute atomic E-state index is 12.0. The standard InChI is InChI=1S/C18H18Cl2N4OS2/c19-12-2-1-3-13-16(12)22-18(27-13)24-10-8-23(9-11-24)7-6-21-17(25)14-4-5-15(20)26-14/h1-5H,6-11H2,(H,21,25). The zero-order chi connectivity index (χ0) is 18.8. The molecule has 1 saturated heterocycles. The van der Waals surface area contributed by atoms with Crippen molar-refractivity contribution in [2.75, 3.05) is 44.2 Å². The van der Waals surface area contributed by atoms with Crippen molar-refractivity contribution < 1.29 is 4.79 Å². The predicted molar refractivity (Wildman–Crippen MR) is 115 cm³/mol. The van der Waals surface area contributed by atoms with Gasteiger partial charge in [0.1, 0.15) is 5.52 Å². The molecule has 3 heterocycles. The molecule has 0 atom stereocenters. The molecule has 2 aromatic heterocycles. The van der Waals surface area contributed by atoms with E-state index in [4.69, 9.17) is 28.2 Å². The molecule has 0 unspecified atom stereocenters. The quantitative estimate of drug-likeness (QED) is 0.644. The third-order valence-corrected chi connectivity index (χ3v) is 7.13. The number of thiophene rings is 1. The molecule has 1 amide bonds. The molecule has 0 spiro atoms. The third kappa shape index (κ3) is 4.38. The first-order valence-corrected chi connectivity index (χ1v) is 11.0. The number of anilines is 1. The van der Waals surface area contributed by atoms with Crippen molar-refractivity contribution in [3.63, 3.8) is 0 Å². The van der Waals surface area contributed by atoms with E-state index in [-0.39, 0.29) is 5.91 Å². The second-order valence-electron chi connectivity index (χ2n) is 6.27. The van der Waals surface area contributed by atoms with E-state index in [9.17, 15) is 4.79 Å². The fraction of sp³-hybridized carbons (Fsp3) is 0.333. The van der Waals surface area contributed by atoms with Gasteiger partial charge in [-0.2, -0.15) is 0 Å². The Morgan fingerprint density at radius 2 is 1.93 bits per heavy atom. The molecule has 0 saturated carbocycles. The number of piperazine rings is 1. The van der Waals surface area contributed by atoms with Crippen LogP contribution in [0.1, 0.15) is 9.67 Å². The summed E-state index contributed by atoms with van der Waals surface area (Å²) < 4.78 is 1.75. The van der Waals surface area contributed by atoms with Gasteiger partial charge in [0.15, 0.2) is 5.13 Å². The number of halogens is 2. The maximum atomic E-state index is 12.0. The first-order chi connectivity index (χ1) is 13.1. The fourth-order valence-corrected chi connectivity index (χ4v) is 5.33. The highest BCUT2D eigenvalue weighted by atomic mass is 35.5. The van der Waals surface area contributed by atoms with Crippen LogP contribution in [0.3, 0.4) is 0 Å². The van der Waals surface area contributed by atoms with Gasteiger partial charge in [-0.05, 0) is 24.3 Å². The van der Waals surface area contributed by atoms with Crippen molar-refractivity contribution in [3.05, 3.63) is 44.6 Å². The van der Waals surface area contributed by atoms with Gasteiger partial charge in [0.25, 0.3) is 5.91 Å². The minimum Gasteiger partial charge on any atom is -0.350 e. The van der Waals surface area contributed by atoms with E-state index in [1.807, 2.05) is 12.1 Å². The normalized spacial score (nSPS) is 15.4. The van der Waals surface area contributed by atoms with Gasteiger partial charge in [0.2, 0.25) is 0 Å². The van der Waals surface area contributed by atoms with Crippen LogP contribution in [0.2, 0.25) is 9.36 Å². The van der Waals surface area contributed by atoms with Gasteiger partial charge in [0, 0.05) is 39.3 Å². The Hall–Kier alpha value is -1.38. The molecular weight excluding hydrogens is 423 g/mol. The van der Waals surface area contributed by atoms with Crippen molar-refractivity contribution in [2.45, 2.75) is 0 Å². The first-order valence-electron chi connectivity index (χ1n) is 8.66. The van der Waals surface area contributed by atoms with E-state index in [1.165, 1.54) is 11.3 Å². The lowest BCUT2D eigenvalue weighted by molar-refractivity contribution is 0.0952. The number of benzene rings is 1. The number of hydrogen-bond acceptors (Lipinski definition) is 6. The van der Waals surface area contributed by atoms with Crippen LogP contribution < -0.4 is 10.2 Å². The van der Waals surface area contributed by atoms with Crippen molar-refractivity contribution in [1.29, 1.82) is 0 Å². The lowest BCUT2D eigenvalue weighted by atomic mass is 10.3. The molecule has 1 N–H and O–H groups in total. The van der Waals surface area contributed by atoms with Gasteiger partial charge in [-0.1, -0.05) is 40.6 Å². The molecule has 142 valence electrons. The highest BCUT2D eigenvalue weighted by molar-refractivity contribution is 7.22. The Morgan fingerprint density at radius 3 is 2.63 bits per heavy atom. The minimum absolute atomic E-state index is 0.0584. The number of rotatable bonds is 5. The maximum Gasteiger partial charge on any atom is 0.261 e. The summed E-state index contributed by atoms with van der Waals surface area (Å²) in [7, 11) is 0. The fourth-order valence-electron chi connectivity index (χ4n) is 3.05. The SMILES string of the molecule is O=C(NCCN1CCN(c2nc3c(Cl)cccc3s2)CC1)c1ccc(Cl)s1. The van der Waals surface area contributed by atoms with Crippen LogP contribution >= 0.6 is 45.9 Å². The second-order valence-corrected chi connectivity index (χ2v) is 9.40. The van der Waals surface area contributed by atoms with Crippen LogP contribution in [-0.4, -0.2) is 55.1 Å². The molecule has 1 aromatic carbocycles. The molecule has 3 aromatic rings. The smallest absolute Gasteiger partial charge is 0.261 e. The molecule has 1 fully saturated rings. The van der Waals surface area contributed by atoms with E-state index in [0.29, 0.717) is 20.8 Å². The summed E-state index contributed by atoms with van der Waals surface area (Å²) in [4.78, 5) is 22.1. The summed E-state index contributed by atoms with van der Waals surface area (Å²) in [5, 5.41) is 4.69. The van der Waals surface area contributed by atoms with E-state index in [2.05, 4.69) is 21.2 Å². The lowest BCUT2D eigenvalue weighted by Gasteiger charge is -2.34. The molecule has 0 bridgehead atoms. The van der Waals surface area contributed by atoms with Crippen LogP contribution in [0.4, 0.5) is 5.13 Å². The van der Waals surface area contributed by atoms with E-state index in [0.717, 1.165) is 48.1 Å². The highest BCUT2D eigenvalue weighted by Crippen LogP contribution is 2.33. The van der Waals surface area contributed by atoms with Gasteiger partial charge in [-0.3, -0.25) is 9.69 Å². The van der Waals surface area contributed by atoms with E-state index in [1.54, 1.807) is 23.5 Å². The van der Waals surface area contributed by atoms with Gasteiger partial charge in [0.05, 0.1) is 18.9 Å². The average molecular weight is 441 g/mol. The Balaban J connectivity index is 1.26. The van der Waals surface area contributed by atoms with Gasteiger partial charge >= 0.3 is 0 Å². The van der Waals surface area contributed by atoms with Crippen LogP contribution in [0.5, 0.6) is 0 Å². The number of para-hydroxylation sites is 1. The molecular formula is C18H18Cl2N4OS2. The number of amides is 1. The van der Waals surface area contributed by atoms with Crippen LogP contribution in [-0.2, 0) is 0 Å². The Labute approximate surface area is 175 Å². The average Bonchev–Trinajstić information content (AvgIpc) is 3.29. The largest absolute Gasteiger partial charge is 0.350 e. The lowest BCUT2D eigenvalue weighted by Crippen LogP contribution is -2.48. The predicted octanol–water partition coefficient (Wildman–Crippen LogP) is 4.22. The van der Waals surface area contributed by atoms with Crippen LogP contribution in [0, 0.1) is 0 Å². The van der Waals surface area contributed by atoms with Crippen molar-refractivity contribution in [1.82, 2.24) is 15.2 Å². The number of thiazole rings is 1. The summed E-state index contributed by atoms with van der Waals surface area (Å²) in [5.74, 6) is -0.0584. The van der Waals surface area contributed by atoms with Crippen molar-refractivity contribution in [3.8, 4) is 0 Å². The third-order valence-electron chi connectivity index (χ3n) is 4.51. The number of nitrogens with one attached hydrogen (secondary N) is 1. The van der Waals surface area contributed by atoms with Crippen LogP contribution in [0.15, 0.2) is 30.3 Å². The van der Waals surface area contributed by atoms with Gasteiger partial charge < -0.3 is 10.2 Å². The molecule has 0 radical (unpaired) electrons. The molecule has 27 heavy (non-hydrogen) atoms. The number of nitrogens with zero attached hydrogens (tertiary/aromatic N) is 3. The summed E-state index contributed by atoms with van der Waals surface area (Å²) in [6.07, 6.45) is 0. The minimum atomic E-state index is -0.0584. The molecule has 1 aliphatic heterocycles. The zero-order valence-corrected chi connectivity index (χ0v) is 17.6. The summed E-state index contributed by atoms with van der Waals surface area (Å²) >= 11 is 15.1. The number of hydrogen-bond donors (Lipinski definition) is 1. The first kappa shape index (κ1) is 19.0. The summed E-state index contributed by atoms with van der Waals surface area (Å²) in [6.45, 7) is 5.21. The number of aromatic nitrogens is 1. The van der Waals surface area contributed by atoms with Gasteiger partial charge in [-0.25, -0.2) is 4.98 Å². The second kappa shape index (κ2) is 8.32. The van der Waals surface area contributed by atoms with E-state index < -0.39 is 0 Å². The monoisotopic (exact) mass is 440 g/mol. The molecule has 0 aliphatic carbocycles. The molecule has 1 aliphatic rings. The van der Waals surface area contributed by atoms with Crippen LogP contribution in [0.25, 0.3) is 10.2 Å². The molecule has 9 heteroatoms. The zero-order valence-electron chi connectivity index (χ0n) is 14.5. The number of carbonyl (C=O) groups is 1. The molecule has 4 rings (SSSR count). The topological polar surface area (TPSA) is 48.5 Å². The van der Waals surface area contributed by atoms with Crippen molar-refractivity contribution >= 4 is 67.1 Å². The highest BCUT2D eigenvalue weighted by Gasteiger charge is 2.20. The summed E-state index contributed by atoms with van der Waals surface area (Å²) in [5.41, 5.74) is 0.887. The Morgan fingerprint density at radius 1 is 1.11 bits per heavy atom. The molecule has 5 nitrogen and oxygen atoms in total. The summed E-state index contributed by atoms with van der Waals surface area (Å²) in [6, 6.07) is 9.40. The van der Waals surface area contributed by atoms with Gasteiger partial charge in [-0.15, -0.1) is 11.3 Å². The number of carbonyl (C=O) groups excluding carboxylic acids is 1. The Kier molecular flexibility index (Phi) is 5.85. The van der Waals surface area contributed by atoms with Crippen molar-refractivity contribution in [2.24, 2.45) is 0 Å². The Bertz CT molecular complexity index is 950. The van der Waals surface area contributed by atoms with E-state index >= 15 is 0 Å².